The molecule has 0 unspecified atom stereocenters. The molecule has 6 heteroatoms. The van der Waals surface area contributed by atoms with E-state index in [2.05, 4.69) is 21.2 Å². The van der Waals surface area contributed by atoms with Crippen LogP contribution in [0.3, 0.4) is 0 Å². The quantitative estimate of drug-likeness (QED) is 0.820. The number of aryl methyl sites for hydroxylation is 1. The second-order valence-corrected chi connectivity index (χ2v) is 7.48. The SMILES string of the molecule is Cc1cccc2c1NC(=O)[C@@]2(O)CC(=O)c1ccc(Br)s1. The van der Waals surface area contributed by atoms with Crippen LogP contribution in [0.15, 0.2) is 34.1 Å². The summed E-state index contributed by atoms with van der Waals surface area (Å²) in [5.41, 5.74) is 0.138. The summed E-state index contributed by atoms with van der Waals surface area (Å²) in [6.07, 6.45) is -0.262. The van der Waals surface area contributed by atoms with E-state index < -0.39 is 11.5 Å². The molecule has 0 saturated carbocycles. The number of fused-ring (bicyclic) bond motifs is 1. The van der Waals surface area contributed by atoms with Crippen LogP contribution in [-0.2, 0) is 10.4 Å². The lowest BCUT2D eigenvalue weighted by Crippen LogP contribution is -2.36. The van der Waals surface area contributed by atoms with Gasteiger partial charge in [-0.05, 0) is 40.5 Å². The Morgan fingerprint density at radius 1 is 1.38 bits per heavy atom. The van der Waals surface area contributed by atoms with E-state index in [1.165, 1.54) is 11.3 Å². The number of carbonyl (C=O) groups is 2. The number of thiophene rings is 1. The minimum absolute atomic E-state index is 0.252. The van der Waals surface area contributed by atoms with Gasteiger partial charge >= 0.3 is 0 Å². The minimum Gasteiger partial charge on any atom is -0.375 e. The second-order valence-electron chi connectivity index (χ2n) is 5.02. The third-order valence-electron chi connectivity index (χ3n) is 3.60. The summed E-state index contributed by atoms with van der Waals surface area (Å²) in [5.74, 6) is -0.798. The van der Waals surface area contributed by atoms with E-state index in [9.17, 15) is 14.7 Å². The molecule has 1 aliphatic heterocycles. The summed E-state index contributed by atoms with van der Waals surface area (Å²) in [5, 5.41) is 13.4. The molecule has 1 aromatic carbocycles. The van der Waals surface area contributed by atoms with Crippen LogP contribution in [-0.4, -0.2) is 16.8 Å². The number of carbonyl (C=O) groups excluding carboxylic acids is 2. The molecular weight excluding hydrogens is 354 g/mol. The van der Waals surface area contributed by atoms with E-state index in [1.807, 2.05) is 13.0 Å². The van der Waals surface area contributed by atoms with Gasteiger partial charge in [0.15, 0.2) is 11.4 Å². The summed E-state index contributed by atoms with van der Waals surface area (Å²) in [6.45, 7) is 1.85. The van der Waals surface area contributed by atoms with Crippen molar-refractivity contribution in [3.63, 3.8) is 0 Å². The molecule has 2 heterocycles. The number of hydrogen-bond donors (Lipinski definition) is 2. The first-order valence-electron chi connectivity index (χ1n) is 6.34. The van der Waals surface area contributed by atoms with Crippen LogP contribution in [0.2, 0.25) is 0 Å². The Bertz CT molecular complexity index is 755. The highest BCUT2D eigenvalue weighted by molar-refractivity contribution is 9.11. The molecule has 0 bridgehead atoms. The Hall–Kier alpha value is -1.50. The van der Waals surface area contributed by atoms with Crippen LogP contribution < -0.4 is 5.32 Å². The number of benzene rings is 1. The molecule has 0 fully saturated rings. The van der Waals surface area contributed by atoms with Crippen molar-refractivity contribution in [1.29, 1.82) is 0 Å². The third-order valence-corrected chi connectivity index (χ3v) is 5.26. The standard InChI is InChI=1S/C15H12BrNO3S/c1-8-3-2-4-9-13(8)17-14(19)15(9,20)7-10(18)11-5-6-12(16)21-11/h2-6,20H,7H2,1H3,(H,17,19)/t15-/m1/s1. The van der Waals surface area contributed by atoms with Gasteiger partial charge in [-0.3, -0.25) is 9.59 Å². The van der Waals surface area contributed by atoms with Gasteiger partial charge in [0, 0.05) is 5.56 Å². The van der Waals surface area contributed by atoms with Crippen molar-refractivity contribution in [2.45, 2.75) is 18.9 Å². The highest BCUT2D eigenvalue weighted by Crippen LogP contribution is 2.41. The lowest BCUT2D eigenvalue weighted by atomic mass is 9.89. The highest BCUT2D eigenvalue weighted by atomic mass is 79.9. The van der Waals surface area contributed by atoms with Crippen molar-refractivity contribution < 1.29 is 14.7 Å². The van der Waals surface area contributed by atoms with Crippen LogP contribution in [0.4, 0.5) is 5.69 Å². The van der Waals surface area contributed by atoms with Crippen LogP contribution in [0.1, 0.15) is 27.2 Å². The number of Topliss-reactive ketones (excluding diaryl/α,β-unsaturated/α-hetero) is 1. The number of halogens is 1. The van der Waals surface area contributed by atoms with Crippen LogP contribution in [0, 0.1) is 6.92 Å². The van der Waals surface area contributed by atoms with E-state index in [0.717, 1.165) is 9.35 Å². The van der Waals surface area contributed by atoms with Crippen LogP contribution in [0.5, 0.6) is 0 Å². The van der Waals surface area contributed by atoms with Crippen molar-refractivity contribution in [3.8, 4) is 0 Å². The molecule has 0 spiro atoms. The van der Waals surface area contributed by atoms with Crippen molar-refractivity contribution in [3.05, 3.63) is 50.1 Å². The van der Waals surface area contributed by atoms with Gasteiger partial charge in [-0.25, -0.2) is 0 Å². The molecule has 2 aromatic rings. The Balaban J connectivity index is 1.97. The first kappa shape index (κ1) is 14.4. The Morgan fingerprint density at radius 2 is 2.14 bits per heavy atom. The van der Waals surface area contributed by atoms with Crippen LogP contribution >= 0.6 is 27.3 Å². The summed E-state index contributed by atoms with van der Waals surface area (Å²) >= 11 is 4.59. The average molecular weight is 366 g/mol. The van der Waals surface area contributed by atoms with Gasteiger partial charge < -0.3 is 10.4 Å². The number of amides is 1. The van der Waals surface area contributed by atoms with Gasteiger partial charge in [0.25, 0.3) is 5.91 Å². The molecule has 3 rings (SSSR count). The predicted octanol–water partition coefficient (Wildman–Crippen LogP) is 3.23. The highest BCUT2D eigenvalue weighted by Gasteiger charge is 2.47. The summed E-state index contributed by atoms with van der Waals surface area (Å²) in [6, 6.07) is 8.76. The van der Waals surface area contributed by atoms with Gasteiger partial charge in [-0.1, -0.05) is 18.2 Å². The molecule has 1 aromatic heterocycles. The predicted molar refractivity (Wildman–Crippen MR) is 84.7 cm³/mol. The summed E-state index contributed by atoms with van der Waals surface area (Å²) in [7, 11) is 0. The Morgan fingerprint density at radius 3 is 2.81 bits per heavy atom. The number of aliphatic hydroxyl groups is 1. The molecular formula is C15H12BrNO3S. The zero-order valence-electron chi connectivity index (χ0n) is 11.1. The molecule has 0 radical (unpaired) electrons. The lowest BCUT2D eigenvalue weighted by molar-refractivity contribution is -0.133. The summed E-state index contributed by atoms with van der Waals surface area (Å²) in [4.78, 5) is 25.0. The molecule has 1 atom stereocenters. The van der Waals surface area contributed by atoms with E-state index in [4.69, 9.17) is 0 Å². The fraction of sp³-hybridized carbons (Fsp3) is 0.200. The minimum atomic E-state index is -1.80. The second kappa shape index (κ2) is 5.05. The van der Waals surface area contributed by atoms with E-state index >= 15 is 0 Å². The molecule has 108 valence electrons. The monoisotopic (exact) mass is 365 g/mol. The first-order chi connectivity index (χ1) is 9.91. The van der Waals surface area contributed by atoms with Crippen molar-refractivity contribution in [1.82, 2.24) is 0 Å². The zero-order valence-corrected chi connectivity index (χ0v) is 13.5. The van der Waals surface area contributed by atoms with Gasteiger partial charge in [0.1, 0.15) is 0 Å². The number of para-hydroxylation sites is 1. The number of hydrogen-bond acceptors (Lipinski definition) is 4. The number of rotatable bonds is 3. The molecule has 4 nitrogen and oxygen atoms in total. The van der Waals surface area contributed by atoms with Crippen molar-refractivity contribution in [2.24, 2.45) is 0 Å². The molecule has 21 heavy (non-hydrogen) atoms. The maximum atomic E-state index is 12.3. The molecule has 1 amide bonds. The molecule has 0 saturated heterocycles. The van der Waals surface area contributed by atoms with Gasteiger partial charge in [0.2, 0.25) is 0 Å². The normalized spacial score (nSPS) is 20.2. The van der Waals surface area contributed by atoms with E-state index in [-0.39, 0.29) is 12.2 Å². The zero-order chi connectivity index (χ0) is 15.2. The smallest absolute Gasteiger partial charge is 0.261 e. The van der Waals surface area contributed by atoms with Gasteiger partial charge in [-0.15, -0.1) is 11.3 Å². The maximum Gasteiger partial charge on any atom is 0.261 e. The van der Waals surface area contributed by atoms with Crippen molar-refractivity contribution >= 4 is 44.6 Å². The molecule has 2 N–H and O–H groups in total. The largest absolute Gasteiger partial charge is 0.375 e. The molecule has 1 aliphatic rings. The van der Waals surface area contributed by atoms with E-state index in [0.29, 0.717) is 16.1 Å². The Labute approximate surface area is 133 Å². The number of nitrogens with one attached hydrogen (secondary N) is 1. The van der Waals surface area contributed by atoms with Gasteiger partial charge in [0.05, 0.1) is 20.8 Å². The Kier molecular flexibility index (Phi) is 3.47. The topological polar surface area (TPSA) is 66.4 Å². The number of ketones is 1. The number of anilines is 1. The van der Waals surface area contributed by atoms with E-state index in [1.54, 1.807) is 24.3 Å². The third kappa shape index (κ3) is 2.33. The van der Waals surface area contributed by atoms with Crippen molar-refractivity contribution in [2.75, 3.05) is 5.32 Å². The average Bonchev–Trinajstić information content (AvgIpc) is 2.96. The summed E-state index contributed by atoms with van der Waals surface area (Å²) < 4.78 is 0.838. The fourth-order valence-corrected chi connectivity index (χ4v) is 3.80. The maximum absolute atomic E-state index is 12.3. The van der Waals surface area contributed by atoms with Gasteiger partial charge in [-0.2, -0.15) is 0 Å². The lowest BCUT2D eigenvalue weighted by Gasteiger charge is -2.19. The molecule has 0 aliphatic carbocycles. The van der Waals surface area contributed by atoms with Crippen LogP contribution in [0.25, 0.3) is 0 Å². The first-order valence-corrected chi connectivity index (χ1v) is 7.95. The fourth-order valence-electron chi connectivity index (χ4n) is 2.48.